The number of anilines is 1. The molecule has 1 N–H and O–H groups in total. The van der Waals surface area contributed by atoms with E-state index in [9.17, 15) is 13.2 Å². The van der Waals surface area contributed by atoms with Crippen LogP contribution in [0.2, 0.25) is 5.02 Å². The Morgan fingerprint density at radius 3 is 2.57 bits per heavy atom. The number of hydrogen-bond donors (Lipinski definition) is 1. The minimum atomic E-state index is -4.33. The molecule has 1 aromatic heterocycles. The molecule has 21 heavy (non-hydrogen) atoms. The number of alkyl halides is 3. The van der Waals surface area contributed by atoms with Crippen LogP contribution in [0, 0.1) is 6.92 Å². The predicted octanol–water partition coefficient (Wildman–Crippen LogP) is 4.51. The lowest BCUT2D eigenvalue weighted by atomic mass is 9.97. The molecule has 0 radical (unpaired) electrons. The standard InChI is InChI=1S/C14H13ClF3N3/c1-8-6-13-19-11(9-2-4-10(15)5-3-9)7-12(14(16,17)18)21(13)20-8/h2-6,11-12,19H,7H2,1H3/t11-,12+/m0/s1. The molecule has 1 aliphatic rings. The minimum absolute atomic E-state index is 0.0980. The molecule has 1 aromatic carbocycles. The number of hydrogen-bond acceptors (Lipinski definition) is 2. The van der Waals surface area contributed by atoms with E-state index < -0.39 is 18.3 Å². The molecule has 2 atom stereocenters. The van der Waals surface area contributed by atoms with Crippen LogP contribution in [0.1, 0.15) is 29.8 Å². The number of halogens is 4. The summed E-state index contributed by atoms with van der Waals surface area (Å²) in [7, 11) is 0. The fourth-order valence-corrected chi connectivity index (χ4v) is 2.74. The fraction of sp³-hybridized carbons (Fsp3) is 0.357. The summed E-state index contributed by atoms with van der Waals surface area (Å²) >= 11 is 5.82. The van der Waals surface area contributed by atoms with Crippen LogP contribution in [0.3, 0.4) is 0 Å². The third-order valence-electron chi connectivity index (χ3n) is 3.58. The molecule has 0 saturated heterocycles. The molecule has 3 nitrogen and oxygen atoms in total. The molecule has 0 amide bonds. The molecule has 3 rings (SSSR count). The molecule has 2 aromatic rings. The van der Waals surface area contributed by atoms with Gasteiger partial charge in [-0.25, -0.2) is 4.68 Å². The zero-order chi connectivity index (χ0) is 15.2. The third kappa shape index (κ3) is 2.72. The van der Waals surface area contributed by atoms with Crippen LogP contribution in [0.5, 0.6) is 0 Å². The molecule has 0 saturated carbocycles. The molecule has 112 valence electrons. The summed E-state index contributed by atoms with van der Waals surface area (Å²) in [4.78, 5) is 0. The molecule has 7 heteroatoms. The van der Waals surface area contributed by atoms with Gasteiger partial charge in [0.2, 0.25) is 0 Å². The third-order valence-corrected chi connectivity index (χ3v) is 3.84. The van der Waals surface area contributed by atoms with Gasteiger partial charge in [0.05, 0.1) is 11.7 Å². The van der Waals surface area contributed by atoms with Gasteiger partial charge in [-0.2, -0.15) is 18.3 Å². The number of nitrogens with zero attached hydrogens (tertiary/aromatic N) is 2. The Balaban J connectivity index is 1.98. The van der Waals surface area contributed by atoms with Gasteiger partial charge < -0.3 is 5.32 Å². The topological polar surface area (TPSA) is 29.9 Å². The van der Waals surface area contributed by atoms with Gasteiger partial charge in [0.15, 0.2) is 6.04 Å². The van der Waals surface area contributed by atoms with Gasteiger partial charge in [0.25, 0.3) is 0 Å². The highest BCUT2D eigenvalue weighted by Gasteiger charge is 2.46. The van der Waals surface area contributed by atoms with Crippen molar-refractivity contribution in [2.75, 3.05) is 5.32 Å². The first-order valence-corrected chi connectivity index (χ1v) is 6.87. The van der Waals surface area contributed by atoms with Gasteiger partial charge >= 0.3 is 6.18 Å². The lowest BCUT2D eigenvalue weighted by Gasteiger charge is -2.33. The number of fused-ring (bicyclic) bond motifs is 1. The normalized spacial score (nSPS) is 21.8. The number of benzene rings is 1. The summed E-state index contributed by atoms with van der Waals surface area (Å²) in [6, 6.07) is 6.43. The maximum atomic E-state index is 13.3. The Labute approximate surface area is 124 Å². The molecule has 2 heterocycles. The Morgan fingerprint density at radius 2 is 1.95 bits per heavy atom. The van der Waals surface area contributed by atoms with E-state index in [-0.39, 0.29) is 6.42 Å². The van der Waals surface area contributed by atoms with Crippen LogP contribution in [0.15, 0.2) is 30.3 Å². The van der Waals surface area contributed by atoms with Crippen molar-refractivity contribution in [3.63, 3.8) is 0 Å². The summed E-state index contributed by atoms with van der Waals surface area (Å²) in [5, 5.41) is 7.63. The Kier molecular flexibility index (Phi) is 3.36. The summed E-state index contributed by atoms with van der Waals surface area (Å²) in [6.45, 7) is 1.68. The molecule has 0 aliphatic carbocycles. The van der Waals surface area contributed by atoms with Crippen molar-refractivity contribution < 1.29 is 13.2 Å². The van der Waals surface area contributed by atoms with E-state index in [0.717, 1.165) is 10.2 Å². The molecule has 1 aliphatic heterocycles. The Morgan fingerprint density at radius 1 is 1.29 bits per heavy atom. The van der Waals surface area contributed by atoms with E-state index >= 15 is 0 Å². The van der Waals surface area contributed by atoms with Crippen LogP contribution in [-0.4, -0.2) is 16.0 Å². The van der Waals surface area contributed by atoms with Crippen molar-refractivity contribution >= 4 is 17.4 Å². The van der Waals surface area contributed by atoms with Gasteiger partial charge in [-0.15, -0.1) is 0 Å². The second kappa shape index (κ2) is 4.94. The highest BCUT2D eigenvalue weighted by atomic mass is 35.5. The number of rotatable bonds is 1. The van der Waals surface area contributed by atoms with E-state index in [1.54, 1.807) is 37.3 Å². The smallest absolute Gasteiger partial charge is 0.363 e. The lowest BCUT2D eigenvalue weighted by molar-refractivity contribution is -0.173. The monoisotopic (exact) mass is 315 g/mol. The van der Waals surface area contributed by atoms with Crippen molar-refractivity contribution in [3.8, 4) is 0 Å². The van der Waals surface area contributed by atoms with Crippen LogP contribution < -0.4 is 5.32 Å². The quantitative estimate of drug-likeness (QED) is 0.839. The molecule has 0 spiro atoms. The molecule has 0 unspecified atom stereocenters. The summed E-state index contributed by atoms with van der Waals surface area (Å²) in [6.07, 6.45) is -4.43. The van der Waals surface area contributed by atoms with E-state index in [2.05, 4.69) is 10.4 Å². The zero-order valence-electron chi connectivity index (χ0n) is 11.2. The Hall–Kier alpha value is -1.69. The van der Waals surface area contributed by atoms with Crippen LogP contribution >= 0.6 is 11.6 Å². The average Bonchev–Trinajstić information content (AvgIpc) is 2.77. The average molecular weight is 316 g/mol. The second-order valence-corrected chi connectivity index (χ2v) is 5.59. The van der Waals surface area contributed by atoms with Crippen molar-refractivity contribution in [1.29, 1.82) is 0 Å². The van der Waals surface area contributed by atoms with E-state index in [1.165, 1.54) is 0 Å². The van der Waals surface area contributed by atoms with Crippen molar-refractivity contribution in [3.05, 3.63) is 46.6 Å². The lowest BCUT2D eigenvalue weighted by Crippen LogP contribution is -2.35. The maximum absolute atomic E-state index is 13.3. The number of nitrogens with one attached hydrogen (secondary N) is 1. The summed E-state index contributed by atoms with van der Waals surface area (Å²) in [5.41, 5.74) is 1.34. The van der Waals surface area contributed by atoms with Gasteiger partial charge in [-0.05, 0) is 24.6 Å². The van der Waals surface area contributed by atoms with E-state index in [0.29, 0.717) is 16.5 Å². The van der Waals surface area contributed by atoms with Gasteiger partial charge in [-0.3, -0.25) is 0 Å². The van der Waals surface area contributed by atoms with Gasteiger partial charge in [0, 0.05) is 17.5 Å². The van der Waals surface area contributed by atoms with Gasteiger partial charge in [0.1, 0.15) is 5.82 Å². The summed E-state index contributed by atoms with van der Waals surface area (Å²) in [5.74, 6) is 0.390. The first kappa shape index (κ1) is 14.3. The highest BCUT2D eigenvalue weighted by Crippen LogP contribution is 2.43. The molecular weight excluding hydrogens is 303 g/mol. The van der Waals surface area contributed by atoms with Crippen molar-refractivity contribution in [2.45, 2.75) is 31.6 Å². The second-order valence-electron chi connectivity index (χ2n) is 5.16. The number of aryl methyl sites for hydroxylation is 1. The Bertz CT molecular complexity index is 648. The largest absolute Gasteiger partial charge is 0.410 e. The maximum Gasteiger partial charge on any atom is 0.410 e. The van der Waals surface area contributed by atoms with E-state index in [1.807, 2.05) is 0 Å². The predicted molar refractivity (Wildman–Crippen MR) is 74.5 cm³/mol. The summed E-state index contributed by atoms with van der Waals surface area (Å²) < 4.78 is 40.8. The first-order valence-electron chi connectivity index (χ1n) is 6.49. The molecule has 0 fully saturated rings. The first-order chi connectivity index (χ1) is 9.84. The molecule has 0 bridgehead atoms. The van der Waals surface area contributed by atoms with Crippen molar-refractivity contribution in [2.24, 2.45) is 0 Å². The van der Waals surface area contributed by atoms with Crippen LogP contribution in [0.25, 0.3) is 0 Å². The SMILES string of the molecule is Cc1cc2n(n1)[C@@H](C(F)(F)F)C[C@@H](c1ccc(Cl)cc1)N2. The highest BCUT2D eigenvalue weighted by molar-refractivity contribution is 6.30. The van der Waals surface area contributed by atoms with Crippen LogP contribution in [0.4, 0.5) is 19.0 Å². The van der Waals surface area contributed by atoms with Gasteiger partial charge in [-0.1, -0.05) is 23.7 Å². The molecular formula is C14H13ClF3N3. The van der Waals surface area contributed by atoms with Crippen LogP contribution in [-0.2, 0) is 0 Å². The fourth-order valence-electron chi connectivity index (χ4n) is 2.61. The zero-order valence-corrected chi connectivity index (χ0v) is 11.9. The van der Waals surface area contributed by atoms with E-state index in [4.69, 9.17) is 11.6 Å². The van der Waals surface area contributed by atoms with Crippen molar-refractivity contribution in [1.82, 2.24) is 9.78 Å². The number of aromatic nitrogens is 2. The minimum Gasteiger partial charge on any atom is -0.363 e.